The Balaban J connectivity index is 2.13. The van der Waals surface area contributed by atoms with Gasteiger partial charge in [-0.1, -0.05) is 29.8 Å². The number of rotatable bonds is 6. The van der Waals surface area contributed by atoms with Crippen LogP contribution in [-0.2, 0) is 9.59 Å². The minimum atomic E-state index is -0.363. The first kappa shape index (κ1) is 21.4. The van der Waals surface area contributed by atoms with Crippen LogP contribution in [0, 0.1) is 11.8 Å². The normalized spacial score (nSPS) is 16.9. The van der Waals surface area contributed by atoms with Gasteiger partial charge in [-0.15, -0.1) is 0 Å². The summed E-state index contributed by atoms with van der Waals surface area (Å²) in [6, 6.07) is 5.23. The molecule has 2 N–H and O–H groups in total. The second-order valence-corrected chi connectivity index (χ2v) is 8.45. The van der Waals surface area contributed by atoms with Crippen LogP contribution in [0.25, 0.3) is 0 Å². The molecule has 0 aromatic heterocycles. The molecule has 1 aliphatic heterocycles. The second-order valence-electron chi connectivity index (χ2n) is 7.54. The van der Waals surface area contributed by atoms with E-state index in [1.54, 1.807) is 18.2 Å². The Morgan fingerprint density at radius 2 is 2.04 bits per heavy atom. The molecule has 148 valence electrons. The maximum atomic E-state index is 13.1. The molecule has 7 heteroatoms. The number of carbonyl (C=O) groups is 3. The highest BCUT2D eigenvalue weighted by molar-refractivity contribution is 9.10. The average molecular weight is 438 g/mol. The van der Waals surface area contributed by atoms with Gasteiger partial charge in [0.25, 0.3) is 5.91 Å². The Hall–Kier alpha value is -1.89. The Morgan fingerprint density at radius 3 is 2.70 bits per heavy atom. The van der Waals surface area contributed by atoms with E-state index in [2.05, 4.69) is 40.4 Å². The molecular weight excluding hydrogens is 410 g/mol. The van der Waals surface area contributed by atoms with E-state index in [4.69, 9.17) is 0 Å². The van der Waals surface area contributed by atoms with Crippen molar-refractivity contribution in [1.82, 2.24) is 10.2 Å². The van der Waals surface area contributed by atoms with E-state index >= 15 is 0 Å². The smallest absolute Gasteiger partial charge is 0.256 e. The van der Waals surface area contributed by atoms with E-state index < -0.39 is 0 Å². The van der Waals surface area contributed by atoms with Crippen LogP contribution in [0.15, 0.2) is 22.7 Å². The Morgan fingerprint density at radius 1 is 1.30 bits per heavy atom. The number of benzene rings is 1. The molecular formula is C20H28BrN3O3. The molecule has 1 aromatic rings. The summed E-state index contributed by atoms with van der Waals surface area (Å²) in [5.41, 5.74) is 0.926. The van der Waals surface area contributed by atoms with Crippen molar-refractivity contribution in [2.75, 3.05) is 25.0 Å². The summed E-state index contributed by atoms with van der Waals surface area (Å²) in [7, 11) is 0. The van der Waals surface area contributed by atoms with Crippen molar-refractivity contribution in [3.8, 4) is 0 Å². The maximum Gasteiger partial charge on any atom is 0.256 e. The van der Waals surface area contributed by atoms with Crippen LogP contribution < -0.4 is 10.6 Å². The van der Waals surface area contributed by atoms with Gasteiger partial charge >= 0.3 is 0 Å². The molecule has 27 heavy (non-hydrogen) atoms. The third-order valence-corrected chi connectivity index (χ3v) is 5.09. The van der Waals surface area contributed by atoms with Gasteiger partial charge in [-0.25, -0.2) is 0 Å². The number of hydrogen-bond donors (Lipinski definition) is 2. The van der Waals surface area contributed by atoms with E-state index in [-0.39, 0.29) is 24.3 Å². The SMILES string of the molecule is CC(=O)NCC(=O)Nc1ccc(Br)cc1C(=O)N1CCCC(CC(C)C)C1. The summed E-state index contributed by atoms with van der Waals surface area (Å²) in [4.78, 5) is 38.1. The van der Waals surface area contributed by atoms with Gasteiger partial charge in [0, 0.05) is 24.5 Å². The van der Waals surface area contributed by atoms with Crippen LogP contribution in [0.5, 0.6) is 0 Å². The van der Waals surface area contributed by atoms with Crippen molar-refractivity contribution in [2.45, 2.75) is 40.0 Å². The molecule has 2 rings (SSSR count). The van der Waals surface area contributed by atoms with Gasteiger partial charge in [0.15, 0.2) is 0 Å². The molecule has 1 fully saturated rings. The Kier molecular flexibility index (Phi) is 7.83. The largest absolute Gasteiger partial charge is 0.347 e. The molecule has 0 bridgehead atoms. The lowest BCUT2D eigenvalue weighted by molar-refractivity contribution is -0.122. The highest BCUT2D eigenvalue weighted by atomic mass is 79.9. The molecule has 3 amide bonds. The number of anilines is 1. The molecule has 1 saturated heterocycles. The third-order valence-electron chi connectivity index (χ3n) is 4.59. The molecule has 6 nitrogen and oxygen atoms in total. The van der Waals surface area contributed by atoms with E-state index in [1.165, 1.54) is 6.92 Å². The van der Waals surface area contributed by atoms with Crippen molar-refractivity contribution >= 4 is 39.3 Å². The summed E-state index contributed by atoms with van der Waals surface area (Å²) < 4.78 is 0.779. The van der Waals surface area contributed by atoms with Crippen LogP contribution in [0.2, 0.25) is 0 Å². The second kappa shape index (κ2) is 9.88. The van der Waals surface area contributed by atoms with E-state index in [9.17, 15) is 14.4 Å². The Bertz CT molecular complexity index is 706. The van der Waals surface area contributed by atoms with Crippen LogP contribution >= 0.6 is 15.9 Å². The fourth-order valence-corrected chi connectivity index (χ4v) is 3.84. The van der Waals surface area contributed by atoms with Crippen molar-refractivity contribution in [3.63, 3.8) is 0 Å². The van der Waals surface area contributed by atoms with Gasteiger partial charge in [-0.05, 0) is 49.3 Å². The van der Waals surface area contributed by atoms with Crippen LogP contribution in [-0.4, -0.2) is 42.3 Å². The van der Waals surface area contributed by atoms with E-state index in [0.717, 1.165) is 36.8 Å². The number of nitrogens with zero attached hydrogens (tertiary/aromatic N) is 1. The van der Waals surface area contributed by atoms with Gasteiger partial charge in [0.2, 0.25) is 11.8 Å². The summed E-state index contributed by atoms with van der Waals surface area (Å²) in [6.07, 6.45) is 3.27. The summed E-state index contributed by atoms with van der Waals surface area (Å²) >= 11 is 3.41. The lowest BCUT2D eigenvalue weighted by Gasteiger charge is -2.34. The maximum absolute atomic E-state index is 13.1. The number of piperidine rings is 1. The summed E-state index contributed by atoms with van der Waals surface area (Å²) in [5, 5.41) is 5.19. The number of hydrogen-bond acceptors (Lipinski definition) is 3. The van der Waals surface area contributed by atoms with Gasteiger partial charge in [0.05, 0.1) is 17.8 Å². The molecule has 1 aromatic carbocycles. The minimum Gasteiger partial charge on any atom is -0.347 e. The average Bonchev–Trinajstić information content (AvgIpc) is 2.60. The monoisotopic (exact) mass is 437 g/mol. The molecule has 1 heterocycles. The molecule has 1 unspecified atom stereocenters. The van der Waals surface area contributed by atoms with E-state index in [0.29, 0.717) is 23.1 Å². The van der Waals surface area contributed by atoms with Crippen LogP contribution in [0.4, 0.5) is 5.69 Å². The minimum absolute atomic E-state index is 0.0698. The van der Waals surface area contributed by atoms with Gasteiger partial charge < -0.3 is 15.5 Å². The quantitative estimate of drug-likeness (QED) is 0.715. The van der Waals surface area contributed by atoms with Gasteiger partial charge in [-0.2, -0.15) is 0 Å². The molecule has 0 saturated carbocycles. The van der Waals surface area contributed by atoms with Crippen molar-refractivity contribution < 1.29 is 14.4 Å². The lowest BCUT2D eigenvalue weighted by atomic mass is 9.89. The summed E-state index contributed by atoms with van der Waals surface area (Å²) in [5.74, 6) is 0.423. The zero-order chi connectivity index (χ0) is 20.0. The lowest BCUT2D eigenvalue weighted by Crippen LogP contribution is -2.40. The zero-order valence-corrected chi connectivity index (χ0v) is 17.8. The number of nitrogens with one attached hydrogen (secondary N) is 2. The predicted molar refractivity (Wildman–Crippen MR) is 110 cm³/mol. The van der Waals surface area contributed by atoms with Gasteiger partial charge in [0.1, 0.15) is 0 Å². The van der Waals surface area contributed by atoms with Crippen LogP contribution in [0.1, 0.15) is 50.4 Å². The highest BCUT2D eigenvalue weighted by Gasteiger charge is 2.26. The molecule has 1 aliphatic rings. The topological polar surface area (TPSA) is 78.5 Å². The van der Waals surface area contributed by atoms with Crippen molar-refractivity contribution in [3.05, 3.63) is 28.2 Å². The number of halogens is 1. The van der Waals surface area contributed by atoms with Crippen molar-refractivity contribution in [1.29, 1.82) is 0 Å². The third kappa shape index (κ3) is 6.65. The first-order valence-electron chi connectivity index (χ1n) is 9.39. The first-order chi connectivity index (χ1) is 12.8. The van der Waals surface area contributed by atoms with Crippen LogP contribution in [0.3, 0.4) is 0 Å². The Labute approximate surface area is 169 Å². The number of carbonyl (C=O) groups excluding carboxylic acids is 3. The first-order valence-corrected chi connectivity index (χ1v) is 10.2. The van der Waals surface area contributed by atoms with Crippen molar-refractivity contribution in [2.24, 2.45) is 11.8 Å². The highest BCUT2D eigenvalue weighted by Crippen LogP contribution is 2.27. The standard InChI is InChI=1S/C20H28BrN3O3/c1-13(2)9-15-5-4-8-24(12-15)20(27)17-10-16(21)6-7-18(17)23-19(26)11-22-14(3)25/h6-7,10,13,15H,4-5,8-9,11-12H2,1-3H3,(H,22,25)(H,23,26). The fraction of sp³-hybridized carbons (Fsp3) is 0.550. The molecule has 0 radical (unpaired) electrons. The predicted octanol–water partition coefficient (Wildman–Crippen LogP) is 3.42. The zero-order valence-electron chi connectivity index (χ0n) is 16.2. The van der Waals surface area contributed by atoms with E-state index in [1.807, 2.05) is 4.90 Å². The summed E-state index contributed by atoms with van der Waals surface area (Å²) in [6.45, 7) is 7.13. The molecule has 0 spiro atoms. The molecule has 1 atom stereocenters. The molecule has 0 aliphatic carbocycles. The number of amides is 3. The number of likely N-dealkylation sites (tertiary alicyclic amines) is 1. The fourth-order valence-electron chi connectivity index (χ4n) is 3.48. The van der Waals surface area contributed by atoms with Gasteiger partial charge in [-0.3, -0.25) is 14.4 Å².